The summed E-state index contributed by atoms with van der Waals surface area (Å²) >= 11 is 0. The maximum Gasteiger partial charge on any atom is 0.305 e. The molecule has 1 aliphatic heterocycles. The highest BCUT2D eigenvalue weighted by Gasteiger charge is 2.22. The summed E-state index contributed by atoms with van der Waals surface area (Å²) in [4.78, 5) is 10.8. The number of carboxylic acid groups (broad SMARTS) is 1. The lowest BCUT2D eigenvalue weighted by atomic mass is 10.0. The number of ether oxygens (including phenoxy) is 3. The highest BCUT2D eigenvalue weighted by atomic mass is 16.6. The second kappa shape index (κ2) is 6.58. The van der Waals surface area contributed by atoms with Gasteiger partial charge in [0.25, 0.3) is 0 Å². The molecule has 0 spiro atoms. The van der Waals surface area contributed by atoms with Crippen LogP contribution in [0.1, 0.15) is 24.4 Å². The zero-order valence-corrected chi connectivity index (χ0v) is 11.4. The number of benzene rings is 1. The van der Waals surface area contributed by atoms with Crippen LogP contribution in [-0.4, -0.2) is 37.5 Å². The second-order valence-corrected chi connectivity index (χ2v) is 4.69. The molecule has 1 aromatic carbocycles. The average molecular weight is 281 g/mol. The van der Waals surface area contributed by atoms with Crippen molar-refractivity contribution < 1.29 is 24.1 Å². The van der Waals surface area contributed by atoms with E-state index in [2.05, 4.69) is 0 Å². The van der Waals surface area contributed by atoms with Crippen molar-refractivity contribution in [3.63, 3.8) is 0 Å². The van der Waals surface area contributed by atoms with Crippen molar-refractivity contribution in [3.8, 4) is 11.5 Å². The Hall–Kier alpha value is -1.79. The minimum absolute atomic E-state index is 0.00477. The standard InChI is InChI=1S/C14H19NO5/c1-18-14-10(11(15)7-13(16)17)3-2-4-12(14)20-9-5-6-19-8-9/h2-4,9,11H,5-8,15H2,1H3,(H,16,17). The summed E-state index contributed by atoms with van der Waals surface area (Å²) in [5, 5.41) is 8.84. The van der Waals surface area contributed by atoms with Gasteiger partial charge in [-0.1, -0.05) is 12.1 Å². The maximum absolute atomic E-state index is 10.8. The van der Waals surface area contributed by atoms with Crippen LogP contribution in [0, 0.1) is 0 Å². The Labute approximate surface area is 117 Å². The number of carboxylic acids is 1. The Morgan fingerprint density at radius 2 is 2.40 bits per heavy atom. The van der Waals surface area contributed by atoms with Gasteiger partial charge >= 0.3 is 5.97 Å². The minimum atomic E-state index is -0.949. The number of hydrogen-bond donors (Lipinski definition) is 2. The maximum atomic E-state index is 10.8. The molecule has 2 unspecified atom stereocenters. The summed E-state index contributed by atoms with van der Waals surface area (Å²) in [5.74, 6) is 0.115. The molecule has 6 nitrogen and oxygen atoms in total. The van der Waals surface area contributed by atoms with Crippen molar-refractivity contribution >= 4 is 5.97 Å². The molecule has 0 saturated carbocycles. The van der Waals surface area contributed by atoms with Gasteiger partial charge in [0.1, 0.15) is 6.10 Å². The Bertz CT molecular complexity index is 471. The van der Waals surface area contributed by atoms with Gasteiger partial charge < -0.3 is 25.1 Å². The van der Waals surface area contributed by atoms with Crippen LogP contribution in [0.25, 0.3) is 0 Å². The van der Waals surface area contributed by atoms with Gasteiger partial charge in [0, 0.05) is 18.0 Å². The largest absolute Gasteiger partial charge is 0.493 e. The summed E-state index contributed by atoms with van der Waals surface area (Å²) in [7, 11) is 1.52. The molecule has 1 aliphatic rings. The molecule has 1 fully saturated rings. The van der Waals surface area contributed by atoms with E-state index in [4.69, 9.17) is 25.1 Å². The smallest absolute Gasteiger partial charge is 0.305 e. The average Bonchev–Trinajstić information content (AvgIpc) is 2.90. The highest BCUT2D eigenvalue weighted by Crippen LogP contribution is 2.36. The molecule has 0 aliphatic carbocycles. The Morgan fingerprint density at radius 1 is 1.60 bits per heavy atom. The number of aliphatic carboxylic acids is 1. The van der Waals surface area contributed by atoms with Crippen molar-refractivity contribution in [2.75, 3.05) is 20.3 Å². The fraction of sp³-hybridized carbons (Fsp3) is 0.500. The van der Waals surface area contributed by atoms with Crippen LogP contribution in [0.3, 0.4) is 0 Å². The Kier molecular flexibility index (Phi) is 4.81. The van der Waals surface area contributed by atoms with Gasteiger partial charge in [-0.15, -0.1) is 0 Å². The van der Waals surface area contributed by atoms with Gasteiger partial charge in [-0.25, -0.2) is 0 Å². The molecule has 2 atom stereocenters. The van der Waals surface area contributed by atoms with Crippen molar-refractivity contribution in [1.29, 1.82) is 0 Å². The Balaban J connectivity index is 2.21. The van der Waals surface area contributed by atoms with Crippen molar-refractivity contribution in [3.05, 3.63) is 23.8 Å². The molecule has 6 heteroatoms. The third-order valence-electron chi connectivity index (χ3n) is 3.19. The van der Waals surface area contributed by atoms with E-state index in [-0.39, 0.29) is 12.5 Å². The summed E-state index contributed by atoms with van der Waals surface area (Å²) < 4.78 is 16.5. The van der Waals surface area contributed by atoms with Crippen LogP contribution in [0.2, 0.25) is 0 Å². The lowest BCUT2D eigenvalue weighted by Crippen LogP contribution is -2.19. The molecule has 0 amide bonds. The first-order chi connectivity index (χ1) is 9.61. The number of nitrogens with two attached hydrogens (primary N) is 1. The number of hydrogen-bond acceptors (Lipinski definition) is 5. The first kappa shape index (κ1) is 14.6. The predicted molar refractivity (Wildman–Crippen MR) is 72.0 cm³/mol. The SMILES string of the molecule is COc1c(OC2CCOC2)cccc1C(N)CC(=O)O. The third kappa shape index (κ3) is 3.40. The topological polar surface area (TPSA) is 91.0 Å². The monoisotopic (exact) mass is 281 g/mol. The summed E-state index contributed by atoms with van der Waals surface area (Å²) in [5.41, 5.74) is 6.54. The summed E-state index contributed by atoms with van der Waals surface area (Å²) in [6.07, 6.45) is 0.663. The molecule has 3 N–H and O–H groups in total. The van der Waals surface area contributed by atoms with Crippen LogP contribution in [0.4, 0.5) is 0 Å². The normalized spacial score (nSPS) is 19.6. The molecule has 20 heavy (non-hydrogen) atoms. The van der Waals surface area contributed by atoms with Gasteiger partial charge in [-0.3, -0.25) is 4.79 Å². The molecule has 0 aromatic heterocycles. The van der Waals surface area contributed by atoms with Crippen molar-refractivity contribution in [2.24, 2.45) is 5.73 Å². The first-order valence-corrected chi connectivity index (χ1v) is 6.50. The van der Waals surface area contributed by atoms with Crippen molar-refractivity contribution in [2.45, 2.75) is 25.0 Å². The van der Waals surface area contributed by atoms with E-state index < -0.39 is 12.0 Å². The molecule has 110 valence electrons. The molecule has 1 heterocycles. The van der Waals surface area contributed by atoms with Gasteiger partial charge in [-0.05, 0) is 6.07 Å². The zero-order valence-electron chi connectivity index (χ0n) is 11.4. The van der Waals surface area contributed by atoms with Gasteiger partial charge in [0.05, 0.1) is 26.7 Å². The lowest BCUT2D eigenvalue weighted by molar-refractivity contribution is -0.137. The molecule has 1 saturated heterocycles. The van der Waals surface area contributed by atoms with E-state index in [1.54, 1.807) is 18.2 Å². The number of carbonyl (C=O) groups is 1. The van der Waals surface area contributed by atoms with Crippen LogP contribution in [-0.2, 0) is 9.53 Å². The molecular formula is C14H19NO5. The fourth-order valence-corrected chi connectivity index (χ4v) is 2.22. The zero-order chi connectivity index (χ0) is 14.5. The Morgan fingerprint density at radius 3 is 3.00 bits per heavy atom. The summed E-state index contributed by atoms with van der Waals surface area (Å²) in [6.45, 7) is 1.24. The molecule has 1 aromatic rings. The first-order valence-electron chi connectivity index (χ1n) is 6.50. The molecule has 0 radical (unpaired) electrons. The second-order valence-electron chi connectivity index (χ2n) is 4.69. The van der Waals surface area contributed by atoms with Gasteiger partial charge in [-0.2, -0.15) is 0 Å². The van der Waals surface area contributed by atoms with E-state index >= 15 is 0 Å². The number of methoxy groups -OCH3 is 1. The number of para-hydroxylation sites is 1. The molecule has 2 rings (SSSR count). The van der Waals surface area contributed by atoms with E-state index in [9.17, 15) is 4.79 Å². The van der Waals surface area contributed by atoms with Crippen molar-refractivity contribution in [1.82, 2.24) is 0 Å². The third-order valence-corrected chi connectivity index (χ3v) is 3.19. The highest BCUT2D eigenvalue weighted by molar-refractivity contribution is 5.68. The minimum Gasteiger partial charge on any atom is -0.493 e. The molecular weight excluding hydrogens is 262 g/mol. The van der Waals surface area contributed by atoms with Gasteiger partial charge in [0.2, 0.25) is 0 Å². The van der Waals surface area contributed by atoms with E-state index in [0.717, 1.165) is 6.42 Å². The van der Waals surface area contributed by atoms with E-state index in [1.165, 1.54) is 7.11 Å². The molecule has 0 bridgehead atoms. The lowest BCUT2D eigenvalue weighted by Gasteiger charge is -2.19. The summed E-state index contributed by atoms with van der Waals surface area (Å²) in [6, 6.07) is 4.69. The fourth-order valence-electron chi connectivity index (χ4n) is 2.22. The van der Waals surface area contributed by atoms with E-state index in [0.29, 0.717) is 30.3 Å². The number of rotatable bonds is 6. The predicted octanol–water partition coefficient (Wildman–Crippen LogP) is 1.34. The van der Waals surface area contributed by atoms with Crippen LogP contribution in [0.15, 0.2) is 18.2 Å². The van der Waals surface area contributed by atoms with Gasteiger partial charge in [0.15, 0.2) is 11.5 Å². The van der Waals surface area contributed by atoms with Crippen LogP contribution < -0.4 is 15.2 Å². The van der Waals surface area contributed by atoms with Crippen LogP contribution >= 0.6 is 0 Å². The van der Waals surface area contributed by atoms with E-state index in [1.807, 2.05) is 0 Å². The quantitative estimate of drug-likeness (QED) is 0.817. The van der Waals surface area contributed by atoms with Crippen LogP contribution in [0.5, 0.6) is 11.5 Å².